The lowest BCUT2D eigenvalue weighted by Gasteiger charge is -2.09. The summed E-state index contributed by atoms with van der Waals surface area (Å²) in [5.74, 6) is 0.825. The van der Waals surface area contributed by atoms with Gasteiger partial charge in [-0.15, -0.1) is 0 Å². The average Bonchev–Trinajstić information content (AvgIpc) is 2.96. The maximum atomic E-state index is 11.8. The summed E-state index contributed by atoms with van der Waals surface area (Å²) in [4.78, 5) is 5.20. The Labute approximate surface area is 165 Å². The average molecular weight is 388 g/mol. The highest BCUT2D eigenvalue weighted by Crippen LogP contribution is 2.27. The first-order chi connectivity index (χ1) is 13.5. The van der Waals surface area contributed by atoms with Gasteiger partial charge in [0.25, 0.3) is 0 Å². The largest absolute Gasteiger partial charge is 0.299 e. The Morgan fingerprint density at radius 1 is 0.964 bits per heavy atom. The van der Waals surface area contributed by atoms with Crippen molar-refractivity contribution in [3.8, 4) is 16.9 Å². The molecule has 0 aliphatic heterocycles. The van der Waals surface area contributed by atoms with Crippen LogP contribution in [0.4, 0.5) is 0 Å². The Kier molecular flexibility index (Phi) is 4.84. The second kappa shape index (κ2) is 7.44. The molecule has 4 nitrogen and oxygen atoms in total. The second-order valence-corrected chi connectivity index (χ2v) is 8.65. The smallest absolute Gasteiger partial charge is 0.175 e. The second-order valence-electron chi connectivity index (χ2n) is 6.63. The third kappa shape index (κ3) is 3.75. The number of nitrogens with zero attached hydrogens (tertiary/aromatic N) is 2. The number of sulfone groups is 1. The van der Waals surface area contributed by atoms with Crippen molar-refractivity contribution in [2.75, 3.05) is 6.26 Å². The molecule has 0 amide bonds. The fraction of sp³-hybridized carbons (Fsp3) is 0.0870. The van der Waals surface area contributed by atoms with E-state index in [0.29, 0.717) is 4.90 Å². The van der Waals surface area contributed by atoms with Gasteiger partial charge in [-0.05, 0) is 30.7 Å². The quantitative estimate of drug-likeness (QED) is 0.642. The minimum atomic E-state index is -3.23. The van der Waals surface area contributed by atoms with Gasteiger partial charge in [-0.1, -0.05) is 60.7 Å². The predicted molar refractivity (Wildman–Crippen MR) is 113 cm³/mol. The van der Waals surface area contributed by atoms with Crippen molar-refractivity contribution in [1.82, 2.24) is 9.55 Å². The van der Waals surface area contributed by atoms with Gasteiger partial charge in [0.1, 0.15) is 5.82 Å². The van der Waals surface area contributed by atoms with Crippen LogP contribution in [0.5, 0.6) is 0 Å². The highest BCUT2D eigenvalue weighted by Gasteiger charge is 2.15. The summed E-state index contributed by atoms with van der Waals surface area (Å²) < 4.78 is 25.6. The molecule has 0 fully saturated rings. The number of hydrogen-bond donors (Lipinski definition) is 0. The standard InChI is InChI=1S/C23H20N2O2S/c1-28(26,27)21-15-13-20(14-16-21)25-17-22(18-9-7-4-8-10-18)24-23(25)19-11-5-2-3-6-12-19/h2-5,7-17H,6H2,1H3. The van der Waals surface area contributed by atoms with E-state index in [1.54, 1.807) is 12.1 Å². The molecule has 140 valence electrons. The Hall–Kier alpha value is -3.18. The summed E-state index contributed by atoms with van der Waals surface area (Å²) in [6.07, 6.45) is 14.3. The summed E-state index contributed by atoms with van der Waals surface area (Å²) in [7, 11) is -3.23. The molecule has 0 bridgehead atoms. The molecule has 0 spiro atoms. The van der Waals surface area contributed by atoms with Gasteiger partial charge in [0, 0.05) is 29.3 Å². The van der Waals surface area contributed by atoms with E-state index in [2.05, 4.69) is 12.2 Å². The SMILES string of the molecule is CS(=O)(=O)c1ccc(-n2cc(-c3ccccc3)nc2C2=CCC=CC=C2)cc1. The van der Waals surface area contributed by atoms with Gasteiger partial charge in [-0.25, -0.2) is 13.4 Å². The lowest BCUT2D eigenvalue weighted by molar-refractivity contribution is 0.602. The van der Waals surface area contributed by atoms with E-state index >= 15 is 0 Å². The third-order valence-electron chi connectivity index (χ3n) is 4.57. The minimum absolute atomic E-state index is 0.305. The molecule has 1 aromatic heterocycles. The van der Waals surface area contributed by atoms with Crippen LogP contribution in [0.1, 0.15) is 12.2 Å². The van der Waals surface area contributed by atoms with Crippen molar-refractivity contribution in [1.29, 1.82) is 0 Å². The molecule has 0 saturated heterocycles. The van der Waals surface area contributed by atoms with Gasteiger partial charge >= 0.3 is 0 Å². The third-order valence-corrected chi connectivity index (χ3v) is 5.70. The Balaban J connectivity index is 1.85. The van der Waals surface area contributed by atoms with Gasteiger partial charge in [-0.2, -0.15) is 0 Å². The van der Waals surface area contributed by atoms with Crippen molar-refractivity contribution in [2.45, 2.75) is 11.3 Å². The van der Waals surface area contributed by atoms with Crippen molar-refractivity contribution in [3.63, 3.8) is 0 Å². The van der Waals surface area contributed by atoms with Gasteiger partial charge in [-0.3, -0.25) is 4.57 Å². The molecular formula is C23H20N2O2S. The summed E-state index contributed by atoms with van der Waals surface area (Å²) in [5, 5.41) is 0. The number of hydrogen-bond acceptors (Lipinski definition) is 3. The van der Waals surface area contributed by atoms with Crippen LogP contribution in [0.15, 0.2) is 96.1 Å². The van der Waals surface area contributed by atoms with Crippen molar-refractivity contribution < 1.29 is 8.42 Å². The van der Waals surface area contributed by atoms with E-state index in [-0.39, 0.29) is 0 Å². The molecule has 0 N–H and O–H groups in total. The van der Waals surface area contributed by atoms with Gasteiger partial charge < -0.3 is 0 Å². The Morgan fingerprint density at radius 3 is 2.43 bits per heavy atom. The lowest BCUT2D eigenvalue weighted by atomic mass is 10.2. The first-order valence-corrected chi connectivity index (χ1v) is 10.9. The van der Waals surface area contributed by atoms with Crippen LogP contribution in [-0.4, -0.2) is 24.2 Å². The molecular weight excluding hydrogens is 368 g/mol. The van der Waals surface area contributed by atoms with Crippen LogP contribution in [0.25, 0.3) is 22.5 Å². The fourth-order valence-electron chi connectivity index (χ4n) is 3.13. The maximum absolute atomic E-state index is 11.8. The van der Waals surface area contributed by atoms with Crippen LogP contribution in [0, 0.1) is 0 Å². The summed E-state index contributed by atoms with van der Waals surface area (Å²) in [6.45, 7) is 0. The molecule has 0 radical (unpaired) electrons. The van der Waals surface area contributed by atoms with E-state index in [4.69, 9.17) is 4.98 Å². The maximum Gasteiger partial charge on any atom is 0.175 e. The van der Waals surface area contributed by atoms with Crippen molar-refractivity contribution in [3.05, 3.63) is 97.0 Å². The number of allylic oxidation sites excluding steroid dienone is 6. The molecule has 1 aliphatic carbocycles. The van der Waals surface area contributed by atoms with Crippen LogP contribution in [0.2, 0.25) is 0 Å². The van der Waals surface area contributed by atoms with Gasteiger partial charge in [0.05, 0.1) is 10.6 Å². The first-order valence-electron chi connectivity index (χ1n) is 9.01. The number of aromatic nitrogens is 2. The predicted octanol–water partition coefficient (Wildman–Crippen LogP) is 4.84. The Bertz CT molecular complexity index is 1180. The van der Waals surface area contributed by atoms with Gasteiger partial charge in [0.15, 0.2) is 9.84 Å². The molecule has 1 aliphatic rings. The number of benzene rings is 2. The molecule has 3 aromatic rings. The monoisotopic (exact) mass is 388 g/mol. The molecule has 1 heterocycles. The molecule has 0 unspecified atom stereocenters. The van der Waals surface area contributed by atoms with Crippen LogP contribution in [0.3, 0.4) is 0 Å². The first kappa shape index (κ1) is 18.2. The molecule has 4 rings (SSSR count). The van der Waals surface area contributed by atoms with E-state index in [1.165, 1.54) is 6.26 Å². The van der Waals surface area contributed by atoms with Crippen molar-refractivity contribution >= 4 is 15.4 Å². The fourth-order valence-corrected chi connectivity index (χ4v) is 3.76. The van der Waals surface area contributed by atoms with E-state index in [1.807, 2.05) is 71.5 Å². The summed E-state index contributed by atoms with van der Waals surface area (Å²) >= 11 is 0. The van der Waals surface area contributed by atoms with Crippen LogP contribution in [-0.2, 0) is 9.84 Å². The van der Waals surface area contributed by atoms with Crippen LogP contribution >= 0.6 is 0 Å². The lowest BCUT2D eigenvalue weighted by Crippen LogP contribution is -2.01. The van der Waals surface area contributed by atoms with Gasteiger partial charge in [0.2, 0.25) is 0 Å². The summed E-state index contributed by atoms with van der Waals surface area (Å²) in [6, 6.07) is 16.9. The van der Waals surface area contributed by atoms with Crippen molar-refractivity contribution in [2.24, 2.45) is 0 Å². The zero-order valence-electron chi connectivity index (χ0n) is 15.5. The highest BCUT2D eigenvalue weighted by molar-refractivity contribution is 7.90. The van der Waals surface area contributed by atoms with E-state index in [0.717, 1.165) is 34.8 Å². The van der Waals surface area contributed by atoms with E-state index < -0.39 is 9.84 Å². The molecule has 28 heavy (non-hydrogen) atoms. The summed E-state index contributed by atoms with van der Waals surface area (Å²) in [5.41, 5.74) is 3.80. The molecule has 5 heteroatoms. The van der Waals surface area contributed by atoms with Crippen LogP contribution < -0.4 is 0 Å². The Morgan fingerprint density at radius 2 is 1.71 bits per heavy atom. The topological polar surface area (TPSA) is 52.0 Å². The zero-order valence-corrected chi connectivity index (χ0v) is 16.3. The minimum Gasteiger partial charge on any atom is -0.299 e. The zero-order chi connectivity index (χ0) is 19.6. The normalized spacial score (nSPS) is 14.0. The molecule has 2 aromatic carbocycles. The molecule has 0 saturated carbocycles. The van der Waals surface area contributed by atoms with E-state index in [9.17, 15) is 8.42 Å². The highest BCUT2D eigenvalue weighted by atomic mass is 32.2. The number of imidazole rings is 1. The molecule has 0 atom stereocenters. The number of rotatable bonds is 4.